The zero-order valence-corrected chi connectivity index (χ0v) is 7.38. The number of aldehydes is 1. The molecule has 0 aromatic carbocycles. The predicted molar refractivity (Wildman–Crippen MR) is 48.5 cm³/mol. The van der Waals surface area contributed by atoms with Crippen molar-refractivity contribution in [1.29, 1.82) is 0 Å². The number of carbonyl (C=O) groups is 1. The van der Waals surface area contributed by atoms with Crippen molar-refractivity contribution in [3.05, 3.63) is 12.7 Å². The van der Waals surface area contributed by atoms with Crippen LogP contribution in [0.1, 0.15) is 39.0 Å². The first-order chi connectivity index (χ1) is 5.31. The van der Waals surface area contributed by atoms with Gasteiger partial charge in [-0.25, -0.2) is 0 Å². The van der Waals surface area contributed by atoms with E-state index in [0.717, 1.165) is 12.7 Å². The fourth-order valence-electron chi connectivity index (χ4n) is 1.06. The molecule has 1 nitrogen and oxygen atoms in total. The van der Waals surface area contributed by atoms with Gasteiger partial charge in [0.2, 0.25) is 0 Å². The van der Waals surface area contributed by atoms with E-state index in [1.807, 2.05) is 6.08 Å². The average molecular weight is 154 g/mol. The highest BCUT2D eigenvalue weighted by molar-refractivity contribution is 5.49. The third-order valence-electron chi connectivity index (χ3n) is 1.85. The number of rotatable bonds is 7. The Kier molecular flexibility index (Phi) is 7.11. The smallest absolute Gasteiger partial charge is 0.120 e. The van der Waals surface area contributed by atoms with Crippen molar-refractivity contribution in [2.45, 2.75) is 39.0 Å². The highest BCUT2D eigenvalue weighted by Crippen LogP contribution is 2.11. The first kappa shape index (κ1) is 10.4. The maximum absolute atomic E-state index is 10.1. The molecule has 0 spiro atoms. The lowest BCUT2D eigenvalue weighted by atomic mass is 10.0. The molecule has 0 rings (SSSR count). The van der Waals surface area contributed by atoms with Gasteiger partial charge in [0, 0.05) is 6.42 Å². The molecule has 0 aliphatic rings. The Morgan fingerprint density at radius 2 is 2.18 bits per heavy atom. The van der Waals surface area contributed by atoms with E-state index in [1.165, 1.54) is 19.3 Å². The quantitative estimate of drug-likeness (QED) is 0.313. The largest absolute Gasteiger partial charge is 0.303 e. The fraction of sp³-hybridized carbons (Fsp3) is 0.700. The molecule has 0 aliphatic heterocycles. The van der Waals surface area contributed by atoms with Gasteiger partial charge in [0.05, 0.1) is 0 Å². The molecule has 0 saturated carbocycles. The van der Waals surface area contributed by atoms with Gasteiger partial charge >= 0.3 is 0 Å². The monoisotopic (exact) mass is 154 g/mol. The van der Waals surface area contributed by atoms with E-state index in [1.54, 1.807) is 0 Å². The van der Waals surface area contributed by atoms with Crippen molar-refractivity contribution in [3.8, 4) is 0 Å². The summed E-state index contributed by atoms with van der Waals surface area (Å²) in [5.74, 6) is 0.567. The van der Waals surface area contributed by atoms with Gasteiger partial charge in [-0.05, 0) is 18.8 Å². The van der Waals surface area contributed by atoms with Crippen molar-refractivity contribution in [2.75, 3.05) is 0 Å². The molecule has 0 N–H and O–H groups in total. The summed E-state index contributed by atoms with van der Waals surface area (Å²) in [5.41, 5.74) is 0. The third-order valence-corrected chi connectivity index (χ3v) is 1.85. The number of hydrogen-bond acceptors (Lipinski definition) is 1. The van der Waals surface area contributed by atoms with Gasteiger partial charge < -0.3 is 4.79 Å². The van der Waals surface area contributed by atoms with Crippen LogP contribution in [0.2, 0.25) is 0 Å². The summed E-state index contributed by atoms with van der Waals surface area (Å²) in [6.45, 7) is 5.78. The van der Waals surface area contributed by atoms with Crippen LogP contribution >= 0.6 is 0 Å². The van der Waals surface area contributed by atoms with Gasteiger partial charge in [-0.2, -0.15) is 0 Å². The predicted octanol–water partition coefficient (Wildman–Crippen LogP) is 2.96. The van der Waals surface area contributed by atoms with Gasteiger partial charge in [-0.15, -0.1) is 6.58 Å². The fourth-order valence-corrected chi connectivity index (χ4v) is 1.06. The molecule has 1 atom stereocenters. The van der Waals surface area contributed by atoms with Gasteiger partial charge in [0.15, 0.2) is 0 Å². The Labute approximate surface area is 69.5 Å². The second-order valence-electron chi connectivity index (χ2n) is 3.08. The molecule has 0 fully saturated rings. The average Bonchev–Trinajstić information content (AvgIpc) is 1.99. The standard InChI is InChI=1S/C10H18O/c1-3-4-5-6-7-10(2)8-9-11/h3,9-10H,1,4-8H2,2H3. The van der Waals surface area contributed by atoms with Crippen molar-refractivity contribution < 1.29 is 4.79 Å². The lowest BCUT2D eigenvalue weighted by Crippen LogP contribution is -1.94. The molecule has 0 saturated heterocycles. The molecule has 0 amide bonds. The van der Waals surface area contributed by atoms with Gasteiger partial charge in [-0.3, -0.25) is 0 Å². The molecule has 0 aromatic rings. The van der Waals surface area contributed by atoms with E-state index in [-0.39, 0.29) is 0 Å². The zero-order valence-electron chi connectivity index (χ0n) is 7.38. The van der Waals surface area contributed by atoms with Crippen molar-refractivity contribution in [1.82, 2.24) is 0 Å². The van der Waals surface area contributed by atoms with Gasteiger partial charge in [0.25, 0.3) is 0 Å². The molecule has 0 bridgehead atoms. The maximum atomic E-state index is 10.1. The SMILES string of the molecule is C=CCCCCC(C)CC=O. The number of hydrogen-bond donors (Lipinski definition) is 0. The lowest BCUT2D eigenvalue weighted by molar-refractivity contribution is -0.108. The molecule has 64 valence electrons. The van der Waals surface area contributed by atoms with Crippen LogP contribution in [0.15, 0.2) is 12.7 Å². The lowest BCUT2D eigenvalue weighted by Gasteiger charge is -2.05. The molecule has 0 heterocycles. The minimum atomic E-state index is 0.567. The van der Waals surface area contributed by atoms with Gasteiger partial charge in [0.1, 0.15) is 6.29 Å². The van der Waals surface area contributed by atoms with Crippen molar-refractivity contribution >= 4 is 6.29 Å². The Balaban J connectivity index is 3.09. The normalized spacial score (nSPS) is 12.5. The summed E-state index contributed by atoms with van der Waals surface area (Å²) in [4.78, 5) is 10.1. The van der Waals surface area contributed by atoms with Crippen LogP contribution in [0.5, 0.6) is 0 Å². The summed E-state index contributed by atoms with van der Waals surface area (Å²) >= 11 is 0. The second kappa shape index (κ2) is 7.52. The first-order valence-corrected chi connectivity index (χ1v) is 4.35. The molecule has 1 unspecified atom stereocenters. The van der Waals surface area contributed by atoms with Crippen LogP contribution in [-0.4, -0.2) is 6.29 Å². The van der Waals surface area contributed by atoms with Crippen LogP contribution in [0, 0.1) is 5.92 Å². The Morgan fingerprint density at radius 1 is 1.45 bits per heavy atom. The molecule has 1 heteroatoms. The summed E-state index contributed by atoms with van der Waals surface area (Å²) in [6, 6.07) is 0. The van der Waals surface area contributed by atoms with Crippen LogP contribution in [-0.2, 0) is 4.79 Å². The van der Waals surface area contributed by atoms with E-state index in [2.05, 4.69) is 13.5 Å². The molecule has 0 radical (unpaired) electrons. The topological polar surface area (TPSA) is 17.1 Å². The summed E-state index contributed by atoms with van der Waals surface area (Å²) in [7, 11) is 0. The van der Waals surface area contributed by atoms with E-state index in [9.17, 15) is 4.79 Å². The molecule has 0 aromatic heterocycles. The first-order valence-electron chi connectivity index (χ1n) is 4.35. The minimum absolute atomic E-state index is 0.567. The van der Waals surface area contributed by atoms with Crippen LogP contribution in [0.4, 0.5) is 0 Å². The van der Waals surface area contributed by atoms with E-state index >= 15 is 0 Å². The number of allylic oxidation sites excluding steroid dienone is 1. The maximum Gasteiger partial charge on any atom is 0.120 e. The van der Waals surface area contributed by atoms with E-state index in [4.69, 9.17) is 0 Å². The van der Waals surface area contributed by atoms with Crippen molar-refractivity contribution in [3.63, 3.8) is 0 Å². The number of unbranched alkanes of at least 4 members (excludes halogenated alkanes) is 2. The van der Waals surface area contributed by atoms with Crippen LogP contribution in [0.3, 0.4) is 0 Å². The Hall–Kier alpha value is -0.590. The Morgan fingerprint density at radius 3 is 2.73 bits per heavy atom. The van der Waals surface area contributed by atoms with Crippen LogP contribution in [0.25, 0.3) is 0 Å². The highest BCUT2D eigenvalue weighted by Gasteiger charge is 1.99. The zero-order chi connectivity index (χ0) is 8.53. The Bertz CT molecular complexity index is 107. The van der Waals surface area contributed by atoms with E-state index < -0.39 is 0 Å². The summed E-state index contributed by atoms with van der Waals surface area (Å²) in [5, 5.41) is 0. The summed E-state index contributed by atoms with van der Waals surface area (Å²) in [6.07, 6.45) is 8.39. The molecular weight excluding hydrogens is 136 g/mol. The number of carbonyl (C=O) groups excluding carboxylic acids is 1. The van der Waals surface area contributed by atoms with E-state index in [0.29, 0.717) is 12.3 Å². The van der Waals surface area contributed by atoms with Crippen molar-refractivity contribution in [2.24, 2.45) is 5.92 Å². The summed E-state index contributed by atoms with van der Waals surface area (Å²) < 4.78 is 0. The highest BCUT2D eigenvalue weighted by atomic mass is 16.1. The minimum Gasteiger partial charge on any atom is -0.303 e. The van der Waals surface area contributed by atoms with Gasteiger partial charge in [-0.1, -0.05) is 25.8 Å². The molecular formula is C10H18O. The molecule has 11 heavy (non-hydrogen) atoms. The third kappa shape index (κ3) is 7.31. The molecule has 0 aliphatic carbocycles. The second-order valence-corrected chi connectivity index (χ2v) is 3.08. The van der Waals surface area contributed by atoms with Crippen LogP contribution < -0.4 is 0 Å².